The molecule has 0 fully saturated rings. The first kappa shape index (κ1) is 7.15. The van der Waals surface area contributed by atoms with E-state index in [0.717, 1.165) is 11.8 Å². The van der Waals surface area contributed by atoms with Crippen LogP contribution in [0.25, 0.3) is 0 Å². The minimum atomic E-state index is 0.887. The zero-order chi connectivity index (χ0) is 7.84. The zero-order valence-corrected chi connectivity index (χ0v) is 7.43. The van der Waals surface area contributed by atoms with E-state index in [-0.39, 0.29) is 0 Å². The van der Waals surface area contributed by atoms with Crippen LogP contribution in [0.15, 0.2) is 23.3 Å². The summed E-state index contributed by atoms with van der Waals surface area (Å²) in [5.41, 5.74) is 3.26. The molecule has 11 heavy (non-hydrogen) atoms. The van der Waals surface area contributed by atoms with Gasteiger partial charge in [-0.05, 0) is 44.9 Å². The maximum absolute atomic E-state index is 2.44. The lowest BCUT2D eigenvalue weighted by atomic mass is 9.73. The Labute approximate surface area is 69.0 Å². The van der Waals surface area contributed by atoms with E-state index in [1.165, 1.54) is 19.3 Å². The first-order valence-corrected chi connectivity index (χ1v) is 4.60. The standard InChI is InChI=1S/C11H16/c1-8-3-5-11-7-10(8)6-4-9(11)2/h3-4,10-11H,5-7H2,1-2H3/t10-,11-/m0/s1. The molecular formula is C11H16. The normalized spacial score (nSPS) is 36.2. The van der Waals surface area contributed by atoms with Crippen LogP contribution in [-0.4, -0.2) is 0 Å². The Bertz CT molecular complexity index is 196. The second-order valence-corrected chi connectivity index (χ2v) is 4.00. The average Bonchev–Trinajstić information content (AvgIpc) is 2.02. The molecule has 2 rings (SSSR count). The van der Waals surface area contributed by atoms with Crippen molar-refractivity contribution in [2.75, 3.05) is 0 Å². The van der Waals surface area contributed by atoms with Crippen LogP contribution < -0.4 is 0 Å². The van der Waals surface area contributed by atoms with Gasteiger partial charge in [-0.2, -0.15) is 0 Å². The van der Waals surface area contributed by atoms with Gasteiger partial charge in [0.15, 0.2) is 0 Å². The molecule has 0 N–H and O–H groups in total. The first-order valence-electron chi connectivity index (χ1n) is 4.60. The molecule has 0 nitrogen and oxygen atoms in total. The van der Waals surface area contributed by atoms with Gasteiger partial charge in [-0.1, -0.05) is 23.3 Å². The zero-order valence-electron chi connectivity index (χ0n) is 7.43. The van der Waals surface area contributed by atoms with Gasteiger partial charge in [-0.25, -0.2) is 0 Å². The summed E-state index contributed by atoms with van der Waals surface area (Å²) >= 11 is 0. The molecule has 0 radical (unpaired) electrons. The van der Waals surface area contributed by atoms with Gasteiger partial charge in [-0.15, -0.1) is 0 Å². The lowest BCUT2D eigenvalue weighted by molar-refractivity contribution is 0.402. The van der Waals surface area contributed by atoms with E-state index < -0.39 is 0 Å². The number of rotatable bonds is 0. The van der Waals surface area contributed by atoms with E-state index in [4.69, 9.17) is 0 Å². The summed E-state index contributed by atoms with van der Waals surface area (Å²) in [4.78, 5) is 0. The SMILES string of the molecule is CC1=CC[C@H]2C[C@@H]1CC=C2C. The van der Waals surface area contributed by atoms with Crippen molar-refractivity contribution in [1.82, 2.24) is 0 Å². The van der Waals surface area contributed by atoms with E-state index in [1.54, 1.807) is 11.1 Å². The van der Waals surface area contributed by atoms with Gasteiger partial charge in [-0.3, -0.25) is 0 Å². The second-order valence-electron chi connectivity index (χ2n) is 4.00. The van der Waals surface area contributed by atoms with Crippen molar-refractivity contribution < 1.29 is 0 Å². The van der Waals surface area contributed by atoms with E-state index in [1.807, 2.05) is 0 Å². The van der Waals surface area contributed by atoms with Crippen LogP contribution in [0.1, 0.15) is 33.1 Å². The van der Waals surface area contributed by atoms with Gasteiger partial charge in [0.1, 0.15) is 0 Å². The molecule has 0 unspecified atom stereocenters. The highest BCUT2D eigenvalue weighted by Crippen LogP contribution is 2.39. The highest BCUT2D eigenvalue weighted by molar-refractivity contribution is 5.20. The second kappa shape index (κ2) is 2.51. The fourth-order valence-electron chi connectivity index (χ4n) is 2.27. The Hall–Kier alpha value is -0.520. The largest absolute Gasteiger partial charge is 0.0847 e. The summed E-state index contributed by atoms with van der Waals surface area (Å²) in [6.07, 6.45) is 8.89. The van der Waals surface area contributed by atoms with Crippen molar-refractivity contribution >= 4 is 0 Å². The Morgan fingerprint density at radius 2 is 1.45 bits per heavy atom. The molecule has 0 aromatic rings. The maximum atomic E-state index is 2.44. The Morgan fingerprint density at radius 3 is 1.91 bits per heavy atom. The maximum Gasteiger partial charge on any atom is -0.0166 e. The van der Waals surface area contributed by atoms with Gasteiger partial charge >= 0.3 is 0 Å². The van der Waals surface area contributed by atoms with Gasteiger partial charge < -0.3 is 0 Å². The van der Waals surface area contributed by atoms with Gasteiger partial charge in [0.25, 0.3) is 0 Å². The van der Waals surface area contributed by atoms with Crippen molar-refractivity contribution in [3.63, 3.8) is 0 Å². The van der Waals surface area contributed by atoms with Gasteiger partial charge in [0.2, 0.25) is 0 Å². The molecule has 0 amide bonds. The van der Waals surface area contributed by atoms with Crippen LogP contribution >= 0.6 is 0 Å². The molecule has 0 saturated carbocycles. The van der Waals surface area contributed by atoms with Gasteiger partial charge in [0.05, 0.1) is 0 Å². The van der Waals surface area contributed by atoms with E-state index in [9.17, 15) is 0 Å². The van der Waals surface area contributed by atoms with Crippen LogP contribution in [0, 0.1) is 11.8 Å². The van der Waals surface area contributed by atoms with Crippen LogP contribution in [0.4, 0.5) is 0 Å². The third-order valence-corrected chi connectivity index (χ3v) is 3.31. The summed E-state index contributed by atoms with van der Waals surface area (Å²) in [6, 6.07) is 0. The summed E-state index contributed by atoms with van der Waals surface area (Å²) < 4.78 is 0. The number of allylic oxidation sites excluding steroid dienone is 4. The molecule has 2 bridgehead atoms. The minimum absolute atomic E-state index is 0.887. The molecule has 0 aliphatic heterocycles. The summed E-state index contributed by atoms with van der Waals surface area (Å²) in [6.45, 7) is 4.57. The topological polar surface area (TPSA) is 0 Å². The molecule has 0 aromatic carbocycles. The predicted octanol–water partition coefficient (Wildman–Crippen LogP) is 3.31. The van der Waals surface area contributed by atoms with Crippen molar-refractivity contribution in [3.05, 3.63) is 23.3 Å². The fraction of sp³-hybridized carbons (Fsp3) is 0.636. The molecule has 2 aliphatic rings. The van der Waals surface area contributed by atoms with Crippen LogP contribution in [0.2, 0.25) is 0 Å². The van der Waals surface area contributed by atoms with Crippen LogP contribution in [0.3, 0.4) is 0 Å². The van der Waals surface area contributed by atoms with Crippen molar-refractivity contribution in [2.24, 2.45) is 11.8 Å². The van der Waals surface area contributed by atoms with Crippen LogP contribution in [0.5, 0.6) is 0 Å². The minimum Gasteiger partial charge on any atom is -0.0847 e. The first-order chi connectivity index (χ1) is 5.27. The summed E-state index contributed by atoms with van der Waals surface area (Å²) in [5.74, 6) is 1.77. The summed E-state index contributed by atoms with van der Waals surface area (Å²) in [7, 11) is 0. The van der Waals surface area contributed by atoms with Crippen molar-refractivity contribution in [3.8, 4) is 0 Å². The van der Waals surface area contributed by atoms with Crippen molar-refractivity contribution in [2.45, 2.75) is 33.1 Å². The number of fused-ring (bicyclic) bond motifs is 2. The molecular weight excluding hydrogens is 132 g/mol. The number of hydrogen-bond donors (Lipinski definition) is 0. The van der Waals surface area contributed by atoms with E-state index in [2.05, 4.69) is 26.0 Å². The molecule has 60 valence electrons. The fourth-order valence-corrected chi connectivity index (χ4v) is 2.27. The predicted molar refractivity (Wildman–Crippen MR) is 48.3 cm³/mol. The lowest BCUT2D eigenvalue weighted by Crippen LogP contribution is -2.19. The monoisotopic (exact) mass is 148 g/mol. The average molecular weight is 148 g/mol. The molecule has 0 heteroatoms. The smallest absolute Gasteiger partial charge is 0.0166 e. The Morgan fingerprint density at radius 1 is 1.00 bits per heavy atom. The molecule has 2 atom stereocenters. The van der Waals surface area contributed by atoms with E-state index in [0.29, 0.717) is 0 Å². The van der Waals surface area contributed by atoms with Gasteiger partial charge in [0, 0.05) is 0 Å². The van der Waals surface area contributed by atoms with E-state index >= 15 is 0 Å². The van der Waals surface area contributed by atoms with Crippen LogP contribution in [-0.2, 0) is 0 Å². The van der Waals surface area contributed by atoms with Crippen molar-refractivity contribution in [1.29, 1.82) is 0 Å². The molecule has 0 spiro atoms. The molecule has 0 heterocycles. The highest BCUT2D eigenvalue weighted by atomic mass is 14.3. The molecule has 2 aliphatic carbocycles. The third-order valence-electron chi connectivity index (χ3n) is 3.31. The summed E-state index contributed by atoms with van der Waals surface area (Å²) in [5, 5.41) is 0. The quantitative estimate of drug-likeness (QED) is 0.462. The lowest BCUT2D eigenvalue weighted by Gasteiger charge is -2.32. The Balaban J connectivity index is 2.24. The highest BCUT2D eigenvalue weighted by Gasteiger charge is 2.25. The third kappa shape index (κ3) is 1.15. The molecule has 0 aromatic heterocycles. The Kier molecular flexibility index (Phi) is 1.63. The number of hydrogen-bond acceptors (Lipinski definition) is 0. The molecule has 0 saturated heterocycles.